The second-order valence-electron chi connectivity index (χ2n) is 5.43. The van der Waals surface area contributed by atoms with Gasteiger partial charge >= 0.3 is 0 Å². The van der Waals surface area contributed by atoms with Crippen LogP contribution in [0.3, 0.4) is 0 Å². The number of nitrogens with zero attached hydrogens (tertiary/aromatic N) is 1. The Morgan fingerprint density at radius 3 is 2.63 bits per heavy atom. The minimum absolute atomic E-state index is 0.612. The number of fused-ring (bicyclic) bond motifs is 3. The Labute approximate surface area is 114 Å². The highest BCUT2D eigenvalue weighted by Crippen LogP contribution is 2.46. The molecule has 1 fully saturated rings. The van der Waals surface area contributed by atoms with E-state index in [0.717, 1.165) is 13.1 Å². The first-order valence-electron chi connectivity index (χ1n) is 7.09. The number of nitrogens with one attached hydrogen (secondary N) is 1. The molecule has 2 aliphatic heterocycles. The van der Waals surface area contributed by atoms with Crippen molar-refractivity contribution in [3.05, 3.63) is 60.2 Å². The third kappa shape index (κ3) is 1.67. The van der Waals surface area contributed by atoms with Gasteiger partial charge in [-0.25, -0.2) is 0 Å². The normalized spacial score (nSPS) is 24.9. The molecule has 4 rings (SSSR count). The van der Waals surface area contributed by atoms with Crippen molar-refractivity contribution >= 4 is 11.4 Å². The second-order valence-corrected chi connectivity index (χ2v) is 5.43. The van der Waals surface area contributed by atoms with E-state index in [-0.39, 0.29) is 0 Å². The van der Waals surface area contributed by atoms with E-state index in [0.29, 0.717) is 12.0 Å². The number of rotatable bonds is 1. The molecule has 0 aromatic heterocycles. The molecule has 2 heteroatoms. The summed E-state index contributed by atoms with van der Waals surface area (Å²) in [6.45, 7) is 2.23. The van der Waals surface area contributed by atoms with Crippen LogP contribution in [0.15, 0.2) is 54.6 Å². The second kappa shape index (κ2) is 4.39. The van der Waals surface area contributed by atoms with Crippen LogP contribution in [-0.4, -0.2) is 19.1 Å². The van der Waals surface area contributed by atoms with E-state index in [9.17, 15) is 0 Å². The molecule has 0 aliphatic carbocycles. The first-order valence-corrected chi connectivity index (χ1v) is 7.09. The highest BCUT2D eigenvalue weighted by atomic mass is 15.2. The number of hydrogen-bond donors (Lipinski definition) is 1. The molecule has 2 aromatic rings. The van der Waals surface area contributed by atoms with Crippen LogP contribution < -0.4 is 10.2 Å². The Kier molecular flexibility index (Phi) is 2.56. The van der Waals surface area contributed by atoms with E-state index in [1.807, 2.05) is 0 Å². The van der Waals surface area contributed by atoms with Crippen molar-refractivity contribution in [1.82, 2.24) is 5.32 Å². The molecule has 19 heavy (non-hydrogen) atoms. The van der Waals surface area contributed by atoms with Gasteiger partial charge in [-0.05, 0) is 36.7 Å². The van der Waals surface area contributed by atoms with Gasteiger partial charge in [-0.3, -0.25) is 0 Å². The van der Waals surface area contributed by atoms with E-state index in [4.69, 9.17) is 0 Å². The average molecular weight is 250 g/mol. The zero-order valence-corrected chi connectivity index (χ0v) is 10.9. The Morgan fingerprint density at radius 2 is 1.74 bits per heavy atom. The quantitative estimate of drug-likeness (QED) is 0.835. The van der Waals surface area contributed by atoms with Crippen molar-refractivity contribution in [2.45, 2.75) is 18.4 Å². The Morgan fingerprint density at radius 1 is 0.947 bits per heavy atom. The summed E-state index contributed by atoms with van der Waals surface area (Å²) in [5.41, 5.74) is 4.22. The van der Waals surface area contributed by atoms with Gasteiger partial charge in [-0.15, -0.1) is 0 Å². The van der Waals surface area contributed by atoms with Crippen LogP contribution in [0.25, 0.3) is 0 Å². The smallest absolute Gasteiger partial charge is 0.0450 e. The van der Waals surface area contributed by atoms with Crippen LogP contribution in [0.2, 0.25) is 0 Å². The summed E-state index contributed by atoms with van der Waals surface area (Å²) >= 11 is 0. The number of piperidine rings is 1. The lowest BCUT2D eigenvalue weighted by Gasteiger charge is -2.34. The number of hydrogen-bond acceptors (Lipinski definition) is 2. The van der Waals surface area contributed by atoms with Crippen molar-refractivity contribution in [3.63, 3.8) is 0 Å². The van der Waals surface area contributed by atoms with Crippen molar-refractivity contribution in [2.75, 3.05) is 18.0 Å². The van der Waals surface area contributed by atoms with E-state index in [2.05, 4.69) is 64.8 Å². The monoisotopic (exact) mass is 250 g/mol. The van der Waals surface area contributed by atoms with E-state index >= 15 is 0 Å². The fourth-order valence-corrected chi connectivity index (χ4v) is 3.59. The molecule has 0 radical (unpaired) electrons. The first-order chi connectivity index (χ1) is 9.45. The summed E-state index contributed by atoms with van der Waals surface area (Å²) in [6, 6.07) is 20.3. The Bertz CT molecular complexity index is 579. The molecule has 0 unspecified atom stereocenters. The highest BCUT2D eigenvalue weighted by Gasteiger charge is 2.39. The van der Waals surface area contributed by atoms with Crippen molar-refractivity contribution < 1.29 is 0 Å². The van der Waals surface area contributed by atoms with Gasteiger partial charge in [0.1, 0.15) is 0 Å². The maximum Gasteiger partial charge on any atom is 0.0450 e. The van der Waals surface area contributed by atoms with Crippen LogP contribution in [-0.2, 0) is 0 Å². The summed E-state index contributed by atoms with van der Waals surface area (Å²) in [6.07, 6.45) is 1.22. The third-order valence-corrected chi connectivity index (χ3v) is 4.41. The Hall–Kier alpha value is -1.80. The zero-order chi connectivity index (χ0) is 12.7. The van der Waals surface area contributed by atoms with Gasteiger partial charge in [-0.1, -0.05) is 36.4 Å². The molecular weight excluding hydrogens is 232 g/mol. The van der Waals surface area contributed by atoms with Gasteiger partial charge in [0, 0.05) is 29.9 Å². The van der Waals surface area contributed by atoms with Gasteiger partial charge < -0.3 is 10.2 Å². The largest absolute Gasteiger partial charge is 0.337 e. The van der Waals surface area contributed by atoms with Crippen LogP contribution in [0.5, 0.6) is 0 Å². The molecule has 96 valence electrons. The summed E-state index contributed by atoms with van der Waals surface area (Å²) in [4.78, 5) is 2.54. The number of anilines is 2. The molecule has 2 atom stereocenters. The lowest BCUT2D eigenvalue weighted by atomic mass is 9.90. The summed E-state index contributed by atoms with van der Waals surface area (Å²) in [7, 11) is 0. The highest BCUT2D eigenvalue weighted by molar-refractivity contribution is 5.72. The molecule has 2 heterocycles. The van der Waals surface area contributed by atoms with Crippen LogP contribution in [0, 0.1) is 0 Å². The standard InChI is InChI=1S/C17H18N2/c1-2-6-13(7-3-1)19-16-9-5-4-8-14(16)15-12-18-11-10-17(15)19/h1-9,15,17-18H,10-12H2/t15-,17+/m0/s1. The van der Waals surface area contributed by atoms with E-state index in [1.165, 1.54) is 23.4 Å². The minimum atomic E-state index is 0.612. The minimum Gasteiger partial charge on any atom is -0.337 e. The van der Waals surface area contributed by atoms with Gasteiger partial charge in [0.25, 0.3) is 0 Å². The number of para-hydroxylation sites is 2. The molecular formula is C17H18N2. The van der Waals surface area contributed by atoms with E-state index in [1.54, 1.807) is 0 Å². The van der Waals surface area contributed by atoms with Crippen molar-refractivity contribution in [1.29, 1.82) is 0 Å². The first kappa shape index (κ1) is 11.1. The molecule has 0 amide bonds. The van der Waals surface area contributed by atoms with Crippen LogP contribution in [0.4, 0.5) is 11.4 Å². The lowest BCUT2D eigenvalue weighted by Crippen LogP contribution is -2.42. The third-order valence-electron chi connectivity index (χ3n) is 4.41. The van der Waals surface area contributed by atoms with Crippen LogP contribution in [0.1, 0.15) is 17.9 Å². The van der Waals surface area contributed by atoms with Crippen molar-refractivity contribution in [3.8, 4) is 0 Å². The molecule has 0 spiro atoms. The lowest BCUT2D eigenvalue weighted by molar-refractivity contribution is 0.419. The molecule has 2 aromatic carbocycles. The maximum absolute atomic E-state index is 3.54. The molecule has 1 saturated heterocycles. The van der Waals surface area contributed by atoms with Gasteiger partial charge in [0.15, 0.2) is 0 Å². The van der Waals surface area contributed by atoms with Crippen LogP contribution >= 0.6 is 0 Å². The van der Waals surface area contributed by atoms with E-state index < -0.39 is 0 Å². The predicted octanol–water partition coefficient (Wildman–Crippen LogP) is 3.28. The fraction of sp³-hybridized carbons (Fsp3) is 0.294. The molecule has 0 bridgehead atoms. The number of benzene rings is 2. The molecule has 1 N–H and O–H groups in total. The van der Waals surface area contributed by atoms with Crippen molar-refractivity contribution in [2.24, 2.45) is 0 Å². The molecule has 2 aliphatic rings. The van der Waals surface area contributed by atoms with Gasteiger partial charge in [-0.2, -0.15) is 0 Å². The van der Waals surface area contributed by atoms with Gasteiger partial charge in [0.2, 0.25) is 0 Å². The maximum atomic E-state index is 3.54. The van der Waals surface area contributed by atoms with Gasteiger partial charge in [0.05, 0.1) is 0 Å². The molecule has 0 saturated carbocycles. The summed E-state index contributed by atoms with van der Waals surface area (Å²) in [5, 5.41) is 3.54. The fourth-order valence-electron chi connectivity index (χ4n) is 3.59. The summed E-state index contributed by atoms with van der Waals surface area (Å²) in [5.74, 6) is 0.630. The summed E-state index contributed by atoms with van der Waals surface area (Å²) < 4.78 is 0. The molecule has 2 nitrogen and oxygen atoms in total. The Balaban J connectivity index is 1.85. The average Bonchev–Trinajstić information content (AvgIpc) is 2.83. The zero-order valence-electron chi connectivity index (χ0n) is 10.9. The predicted molar refractivity (Wildman–Crippen MR) is 79.0 cm³/mol. The topological polar surface area (TPSA) is 15.3 Å². The SMILES string of the molecule is c1ccc(N2c3ccccc3[C@@H]3CNCC[C@H]32)cc1.